The van der Waals surface area contributed by atoms with E-state index in [4.69, 9.17) is 0 Å². The average Bonchev–Trinajstić information content (AvgIpc) is 2.74. The molecule has 1 aliphatic rings. The van der Waals surface area contributed by atoms with E-state index in [1.807, 2.05) is 0 Å². The minimum Gasteiger partial charge on any atom is -0.370 e. The summed E-state index contributed by atoms with van der Waals surface area (Å²) in [7, 11) is 2.18. The van der Waals surface area contributed by atoms with Gasteiger partial charge >= 0.3 is 0 Å². The summed E-state index contributed by atoms with van der Waals surface area (Å²) in [6.45, 7) is 14.0. The fraction of sp³-hybridized carbons (Fsp3) is 0.407. The van der Waals surface area contributed by atoms with Crippen LogP contribution in [0.5, 0.6) is 0 Å². The highest BCUT2D eigenvalue weighted by Crippen LogP contribution is 2.34. The maximum absolute atomic E-state index is 4.10. The maximum atomic E-state index is 4.10. The SMILES string of the molecule is C=CC(C)(CC)c1ccccc1C1=c2ccccc2=CCN1C.CCCCC. The molecule has 28 heavy (non-hydrogen) atoms. The summed E-state index contributed by atoms with van der Waals surface area (Å²) in [6, 6.07) is 17.5. The number of rotatable bonds is 6. The predicted molar refractivity (Wildman–Crippen MR) is 125 cm³/mol. The van der Waals surface area contributed by atoms with Gasteiger partial charge in [-0.2, -0.15) is 0 Å². The highest BCUT2D eigenvalue weighted by atomic mass is 15.1. The van der Waals surface area contributed by atoms with Crippen LogP contribution in [0.1, 0.15) is 64.5 Å². The molecule has 1 unspecified atom stereocenters. The van der Waals surface area contributed by atoms with Crippen molar-refractivity contribution in [1.82, 2.24) is 4.90 Å². The van der Waals surface area contributed by atoms with Gasteiger partial charge < -0.3 is 4.90 Å². The second-order valence-corrected chi connectivity index (χ2v) is 7.89. The van der Waals surface area contributed by atoms with Crippen LogP contribution in [0, 0.1) is 0 Å². The Labute approximate surface area is 172 Å². The van der Waals surface area contributed by atoms with Crippen LogP contribution in [0.4, 0.5) is 0 Å². The molecule has 0 amide bonds. The Balaban J connectivity index is 0.000000500. The van der Waals surface area contributed by atoms with E-state index in [-0.39, 0.29) is 5.41 Å². The molecule has 0 fully saturated rings. The molecule has 150 valence electrons. The van der Waals surface area contributed by atoms with Gasteiger partial charge in [-0.25, -0.2) is 0 Å². The summed E-state index contributed by atoms with van der Waals surface area (Å²) in [5, 5.41) is 2.64. The minimum atomic E-state index is -0.0134. The molecule has 1 atom stereocenters. The van der Waals surface area contributed by atoms with E-state index < -0.39 is 0 Å². The maximum Gasteiger partial charge on any atom is 0.0522 e. The largest absolute Gasteiger partial charge is 0.370 e. The molecular formula is C27H37N. The van der Waals surface area contributed by atoms with Gasteiger partial charge in [0.05, 0.1) is 5.70 Å². The van der Waals surface area contributed by atoms with Crippen molar-refractivity contribution in [2.24, 2.45) is 0 Å². The fourth-order valence-electron chi connectivity index (χ4n) is 3.76. The van der Waals surface area contributed by atoms with Crippen LogP contribution in [0.3, 0.4) is 0 Å². The highest BCUT2D eigenvalue weighted by Gasteiger charge is 2.26. The van der Waals surface area contributed by atoms with Crippen molar-refractivity contribution in [2.45, 2.75) is 58.8 Å². The second-order valence-electron chi connectivity index (χ2n) is 7.89. The average molecular weight is 376 g/mol. The number of nitrogens with zero attached hydrogens (tertiary/aromatic N) is 1. The smallest absolute Gasteiger partial charge is 0.0522 e. The Morgan fingerprint density at radius 2 is 1.64 bits per heavy atom. The van der Waals surface area contributed by atoms with E-state index in [1.165, 1.54) is 46.5 Å². The Morgan fingerprint density at radius 3 is 2.25 bits per heavy atom. The van der Waals surface area contributed by atoms with Crippen molar-refractivity contribution < 1.29 is 0 Å². The monoisotopic (exact) mass is 375 g/mol. The predicted octanol–water partition coefficient (Wildman–Crippen LogP) is 5.62. The van der Waals surface area contributed by atoms with Gasteiger partial charge in [0.2, 0.25) is 0 Å². The molecule has 0 aromatic heterocycles. The number of hydrogen-bond donors (Lipinski definition) is 0. The van der Waals surface area contributed by atoms with Crippen molar-refractivity contribution in [3.8, 4) is 0 Å². The molecule has 3 rings (SSSR count). The van der Waals surface area contributed by atoms with Gasteiger partial charge in [-0.15, -0.1) is 6.58 Å². The number of hydrogen-bond acceptors (Lipinski definition) is 1. The third-order valence-electron chi connectivity index (χ3n) is 5.87. The number of fused-ring (bicyclic) bond motifs is 1. The Kier molecular flexibility index (Phi) is 8.11. The molecule has 2 aromatic rings. The topological polar surface area (TPSA) is 3.24 Å². The van der Waals surface area contributed by atoms with Gasteiger partial charge in [-0.05, 0) is 17.2 Å². The van der Waals surface area contributed by atoms with Gasteiger partial charge in [0.15, 0.2) is 0 Å². The molecule has 0 radical (unpaired) electrons. The number of unbranched alkanes of at least 4 members (excludes halogenated alkanes) is 2. The van der Waals surface area contributed by atoms with Crippen molar-refractivity contribution in [1.29, 1.82) is 0 Å². The highest BCUT2D eigenvalue weighted by molar-refractivity contribution is 5.70. The minimum absolute atomic E-state index is 0.0134. The van der Waals surface area contributed by atoms with Crippen LogP contribution in [-0.2, 0) is 5.41 Å². The van der Waals surface area contributed by atoms with E-state index in [0.29, 0.717) is 0 Å². The number of allylic oxidation sites excluding steroid dienone is 1. The van der Waals surface area contributed by atoms with Crippen LogP contribution in [0.2, 0.25) is 0 Å². The Bertz CT molecular complexity index is 890. The normalized spacial score (nSPS) is 14.9. The summed E-state index contributed by atoms with van der Waals surface area (Å²) >= 11 is 0. The van der Waals surface area contributed by atoms with Crippen LogP contribution in [-0.4, -0.2) is 18.5 Å². The molecule has 0 spiro atoms. The molecular weight excluding hydrogens is 338 g/mol. The third kappa shape index (κ3) is 4.76. The van der Waals surface area contributed by atoms with Crippen molar-refractivity contribution in [3.63, 3.8) is 0 Å². The molecule has 1 heterocycles. The molecule has 0 N–H and O–H groups in total. The molecule has 2 aromatic carbocycles. The molecule has 0 saturated carbocycles. The summed E-state index contributed by atoms with van der Waals surface area (Å²) < 4.78 is 0. The fourth-order valence-corrected chi connectivity index (χ4v) is 3.76. The van der Waals surface area contributed by atoms with Gasteiger partial charge in [0.25, 0.3) is 0 Å². The van der Waals surface area contributed by atoms with E-state index in [9.17, 15) is 0 Å². The van der Waals surface area contributed by atoms with Crippen LogP contribution < -0.4 is 10.4 Å². The van der Waals surface area contributed by atoms with Crippen LogP contribution >= 0.6 is 0 Å². The Hall–Kier alpha value is -2.28. The van der Waals surface area contributed by atoms with E-state index in [2.05, 4.69) is 107 Å². The van der Waals surface area contributed by atoms with E-state index in [1.54, 1.807) is 0 Å². The van der Waals surface area contributed by atoms with Crippen LogP contribution in [0.25, 0.3) is 11.8 Å². The first-order chi connectivity index (χ1) is 13.5. The second kappa shape index (κ2) is 10.3. The summed E-state index contributed by atoms with van der Waals surface area (Å²) in [6.07, 6.45) is 9.51. The lowest BCUT2D eigenvalue weighted by molar-refractivity contribution is 0.530. The van der Waals surface area contributed by atoms with Gasteiger partial charge in [-0.1, -0.05) is 108 Å². The first-order valence-electron chi connectivity index (χ1n) is 10.8. The number of benzene rings is 2. The summed E-state index contributed by atoms with van der Waals surface area (Å²) in [4.78, 5) is 2.35. The van der Waals surface area contributed by atoms with Crippen molar-refractivity contribution in [3.05, 3.63) is 82.8 Å². The molecule has 0 saturated heterocycles. The van der Waals surface area contributed by atoms with Gasteiger partial charge in [0, 0.05) is 29.8 Å². The van der Waals surface area contributed by atoms with Gasteiger partial charge in [-0.3, -0.25) is 0 Å². The lowest BCUT2D eigenvalue weighted by Gasteiger charge is -2.32. The first-order valence-corrected chi connectivity index (χ1v) is 10.8. The summed E-state index contributed by atoms with van der Waals surface area (Å²) in [5.74, 6) is 0. The standard InChI is InChI=1S/C22H25N.C5H12/c1-5-22(3,6-2)20-14-10-9-13-19(20)21-18-12-8-7-11-17(18)15-16-23(21)4;1-3-5-4-2/h5,7-15H,1,6,16H2,2-4H3;3-5H2,1-2H3. The molecule has 1 nitrogen and oxygen atoms in total. The molecule has 1 aliphatic heterocycles. The van der Waals surface area contributed by atoms with Crippen LogP contribution in [0.15, 0.2) is 61.2 Å². The third-order valence-corrected chi connectivity index (χ3v) is 5.87. The molecule has 1 heteroatoms. The van der Waals surface area contributed by atoms with E-state index >= 15 is 0 Å². The van der Waals surface area contributed by atoms with E-state index in [0.717, 1.165) is 13.0 Å². The summed E-state index contributed by atoms with van der Waals surface area (Å²) in [5.41, 5.74) is 3.98. The Morgan fingerprint density at radius 1 is 1.00 bits per heavy atom. The molecule has 0 bridgehead atoms. The zero-order valence-corrected chi connectivity index (χ0v) is 18.5. The van der Waals surface area contributed by atoms with Gasteiger partial charge in [0.1, 0.15) is 0 Å². The zero-order chi connectivity index (χ0) is 20.6. The quantitative estimate of drug-likeness (QED) is 0.592. The van der Waals surface area contributed by atoms with Crippen molar-refractivity contribution >= 4 is 11.8 Å². The van der Waals surface area contributed by atoms with Crippen molar-refractivity contribution in [2.75, 3.05) is 13.6 Å². The lowest BCUT2D eigenvalue weighted by Crippen LogP contribution is -2.39. The first kappa shape index (κ1) is 22.0. The lowest BCUT2D eigenvalue weighted by atomic mass is 9.77. The zero-order valence-electron chi connectivity index (χ0n) is 18.5. The molecule has 0 aliphatic carbocycles.